The Bertz CT molecular complexity index is 418. The molecule has 3 heteroatoms. The van der Waals surface area contributed by atoms with Crippen LogP contribution in [0.5, 0.6) is 0 Å². The van der Waals surface area contributed by atoms with Crippen LogP contribution in [0.4, 0.5) is 0 Å². The summed E-state index contributed by atoms with van der Waals surface area (Å²) in [5, 5.41) is 0. The lowest BCUT2D eigenvalue weighted by atomic mass is 10.2. The van der Waals surface area contributed by atoms with Gasteiger partial charge in [-0.05, 0) is 18.6 Å². The van der Waals surface area contributed by atoms with Crippen LogP contribution in [0.3, 0.4) is 0 Å². The van der Waals surface area contributed by atoms with Gasteiger partial charge < -0.3 is 0 Å². The van der Waals surface area contributed by atoms with Gasteiger partial charge in [0, 0.05) is 6.26 Å². The van der Waals surface area contributed by atoms with Crippen molar-refractivity contribution in [1.82, 2.24) is 0 Å². The summed E-state index contributed by atoms with van der Waals surface area (Å²) in [6.07, 6.45) is 5.19. The molecule has 0 heterocycles. The van der Waals surface area contributed by atoms with Crippen molar-refractivity contribution in [3.05, 3.63) is 35.9 Å². The van der Waals surface area contributed by atoms with E-state index in [9.17, 15) is 4.21 Å². The minimum Gasteiger partial charge on any atom is -0.249 e. The average molecular weight is 195 g/mol. The third kappa shape index (κ3) is 2.42. The zero-order chi connectivity index (χ0) is 9.90. The van der Waals surface area contributed by atoms with E-state index in [2.05, 4.69) is 0 Å². The number of allylic oxidation sites excluding steroid dienone is 1. The van der Waals surface area contributed by atoms with Crippen LogP contribution >= 0.6 is 0 Å². The number of hydrogen-bond donors (Lipinski definition) is 1. The Labute approximate surface area is 79.3 Å². The maximum Gasteiger partial charge on any atom is 0.0702 e. The van der Waals surface area contributed by atoms with E-state index in [0.717, 1.165) is 5.56 Å². The monoisotopic (exact) mass is 195 g/mol. The highest BCUT2D eigenvalue weighted by molar-refractivity contribution is 7.91. The standard InChI is InChI=1S/C10H13NOS/c1-3-6-9-7-4-5-8-10(9)13(2,11)12/h3-8,11H,1-2H3/b6-3-. The van der Waals surface area contributed by atoms with Gasteiger partial charge in [0.15, 0.2) is 0 Å². The van der Waals surface area contributed by atoms with Crippen LogP contribution in [0.15, 0.2) is 35.2 Å². The second-order valence-electron chi connectivity index (χ2n) is 2.88. The fraction of sp³-hybridized carbons (Fsp3) is 0.200. The topological polar surface area (TPSA) is 40.9 Å². The molecule has 0 amide bonds. The fourth-order valence-corrected chi connectivity index (χ4v) is 2.08. The fourth-order valence-electron chi connectivity index (χ4n) is 1.15. The maximum absolute atomic E-state index is 11.5. The molecular formula is C10H13NOS. The predicted molar refractivity (Wildman–Crippen MR) is 56.2 cm³/mol. The lowest BCUT2D eigenvalue weighted by Gasteiger charge is -2.04. The number of benzene rings is 1. The van der Waals surface area contributed by atoms with E-state index >= 15 is 0 Å². The number of rotatable bonds is 2. The van der Waals surface area contributed by atoms with E-state index in [0.29, 0.717) is 4.90 Å². The molecule has 1 aromatic carbocycles. The molecule has 0 radical (unpaired) electrons. The normalized spacial score (nSPS) is 15.8. The second kappa shape index (κ2) is 3.75. The molecule has 0 aliphatic carbocycles. The third-order valence-corrected chi connectivity index (χ3v) is 2.90. The van der Waals surface area contributed by atoms with Crippen molar-refractivity contribution in [2.45, 2.75) is 11.8 Å². The van der Waals surface area contributed by atoms with E-state index in [1.807, 2.05) is 31.2 Å². The minimum absolute atomic E-state index is 0.605. The van der Waals surface area contributed by atoms with Crippen LogP contribution in [0.25, 0.3) is 6.08 Å². The van der Waals surface area contributed by atoms with E-state index < -0.39 is 9.73 Å². The maximum atomic E-state index is 11.5. The zero-order valence-electron chi connectivity index (χ0n) is 7.78. The molecule has 1 rings (SSSR count). The Morgan fingerprint density at radius 1 is 1.38 bits per heavy atom. The summed E-state index contributed by atoms with van der Waals surface area (Å²) < 4.78 is 19.0. The summed E-state index contributed by atoms with van der Waals surface area (Å²) in [6, 6.07) is 7.29. The Hall–Kier alpha value is -1.09. The molecule has 13 heavy (non-hydrogen) atoms. The van der Waals surface area contributed by atoms with Gasteiger partial charge in [-0.25, -0.2) is 8.99 Å². The van der Waals surface area contributed by atoms with Crippen molar-refractivity contribution in [2.24, 2.45) is 0 Å². The van der Waals surface area contributed by atoms with Crippen LogP contribution in [-0.2, 0) is 9.73 Å². The molecule has 0 saturated heterocycles. The van der Waals surface area contributed by atoms with Crippen molar-refractivity contribution in [2.75, 3.05) is 6.26 Å². The van der Waals surface area contributed by atoms with Gasteiger partial charge in [-0.15, -0.1) is 0 Å². The molecule has 1 atom stereocenters. The summed E-state index contributed by atoms with van der Waals surface area (Å²) in [6.45, 7) is 1.90. The van der Waals surface area contributed by atoms with Crippen molar-refractivity contribution in [1.29, 1.82) is 4.78 Å². The Balaban J connectivity index is 3.37. The summed E-state index contributed by atoms with van der Waals surface area (Å²) in [5.41, 5.74) is 0.868. The summed E-state index contributed by atoms with van der Waals surface area (Å²) in [5.74, 6) is 0. The Morgan fingerprint density at radius 3 is 2.54 bits per heavy atom. The molecule has 2 nitrogen and oxygen atoms in total. The first-order valence-corrected chi connectivity index (χ1v) is 5.98. The molecule has 70 valence electrons. The van der Waals surface area contributed by atoms with Crippen LogP contribution in [0, 0.1) is 4.78 Å². The summed E-state index contributed by atoms with van der Waals surface area (Å²) in [4.78, 5) is 0.605. The Kier molecular flexibility index (Phi) is 2.88. The van der Waals surface area contributed by atoms with Crippen LogP contribution in [-0.4, -0.2) is 10.5 Å². The lowest BCUT2D eigenvalue weighted by molar-refractivity contribution is 0.679. The van der Waals surface area contributed by atoms with Gasteiger partial charge in [0.25, 0.3) is 0 Å². The van der Waals surface area contributed by atoms with E-state index in [1.54, 1.807) is 12.1 Å². The largest absolute Gasteiger partial charge is 0.249 e. The molecular weight excluding hydrogens is 182 g/mol. The predicted octanol–water partition coefficient (Wildman–Crippen LogP) is 2.76. The molecule has 1 aromatic rings. The highest BCUT2D eigenvalue weighted by Crippen LogP contribution is 2.16. The van der Waals surface area contributed by atoms with Gasteiger partial charge in [0.05, 0.1) is 14.6 Å². The zero-order valence-corrected chi connectivity index (χ0v) is 8.60. The van der Waals surface area contributed by atoms with Crippen molar-refractivity contribution < 1.29 is 4.21 Å². The van der Waals surface area contributed by atoms with Gasteiger partial charge in [0.2, 0.25) is 0 Å². The SMILES string of the molecule is C/C=C\c1ccccc1S(C)(=N)=O. The first-order chi connectivity index (χ1) is 6.05. The molecule has 0 aromatic heterocycles. The summed E-state index contributed by atoms with van der Waals surface area (Å²) >= 11 is 0. The smallest absolute Gasteiger partial charge is 0.0702 e. The van der Waals surface area contributed by atoms with E-state index in [4.69, 9.17) is 4.78 Å². The van der Waals surface area contributed by atoms with Gasteiger partial charge in [-0.1, -0.05) is 30.4 Å². The molecule has 0 saturated carbocycles. The second-order valence-corrected chi connectivity index (χ2v) is 5.01. The van der Waals surface area contributed by atoms with Crippen molar-refractivity contribution in [3.8, 4) is 0 Å². The molecule has 0 bridgehead atoms. The van der Waals surface area contributed by atoms with Gasteiger partial charge in [-0.2, -0.15) is 0 Å². The quantitative estimate of drug-likeness (QED) is 0.774. The first kappa shape index (κ1) is 9.99. The third-order valence-electron chi connectivity index (χ3n) is 1.68. The first-order valence-electron chi connectivity index (χ1n) is 4.01. The van der Waals surface area contributed by atoms with Gasteiger partial charge in [-0.3, -0.25) is 0 Å². The number of hydrogen-bond acceptors (Lipinski definition) is 2. The van der Waals surface area contributed by atoms with Crippen molar-refractivity contribution in [3.63, 3.8) is 0 Å². The van der Waals surface area contributed by atoms with Gasteiger partial charge in [0.1, 0.15) is 0 Å². The molecule has 1 unspecified atom stereocenters. The van der Waals surface area contributed by atoms with Gasteiger partial charge >= 0.3 is 0 Å². The van der Waals surface area contributed by atoms with E-state index in [1.165, 1.54) is 6.26 Å². The average Bonchev–Trinajstić information content (AvgIpc) is 2.04. The molecule has 0 fully saturated rings. The summed E-state index contributed by atoms with van der Waals surface area (Å²) in [7, 11) is -2.61. The molecule has 0 aliphatic rings. The van der Waals surface area contributed by atoms with E-state index in [-0.39, 0.29) is 0 Å². The Morgan fingerprint density at radius 2 is 2.00 bits per heavy atom. The number of nitrogens with one attached hydrogen (secondary N) is 1. The molecule has 1 N–H and O–H groups in total. The van der Waals surface area contributed by atoms with Crippen LogP contribution in [0.1, 0.15) is 12.5 Å². The van der Waals surface area contributed by atoms with Crippen LogP contribution < -0.4 is 0 Å². The molecule has 0 aliphatic heterocycles. The van der Waals surface area contributed by atoms with Crippen molar-refractivity contribution >= 4 is 15.8 Å². The lowest BCUT2D eigenvalue weighted by Crippen LogP contribution is -1.97. The van der Waals surface area contributed by atoms with Crippen LogP contribution in [0.2, 0.25) is 0 Å². The highest BCUT2D eigenvalue weighted by atomic mass is 32.2. The minimum atomic E-state index is -2.61. The molecule has 0 spiro atoms. The highest BCUT2D eigenvalue weighted by Gasteiger charge is 2.05.